The number of carbonyl (C=O) groups excluding carboxylic acids is 1. The van der Waals surface area contributed by atoms with E-state index in [1.165, 1.54) is 10.5 Å². The van der Waals surface area contributed by atoms with E-state index in [4.69, 9.17) is 4.74 Å². The molecule has 0 saturated heterocycles. The predicted octanol–water partition coefficient (Wildman–Crippen LogP) is 5.09. The van der Waals surface area contributed by atoms with Gasteiger partial charge in [0.25, 0.3) is 5.56 Å². The summed E-state index contributed by atoms with van der Waals surface area (Å²) < 4.78 is 7.74. The van der Waals surface area contributed by atoms with Crippen molar-refractivity contribution < 1.29 is 9.53 Å². The molecule has 0 spiro atoms. The topological polar surface area (TPSA) is 73.6 Å². The molecule has 152 valence electrons. The van der Waals surface area contributed by atoms with Crippen molar-refractivity contribution in [1.29, 1.82) is 0 Å². The van der Waals surface area contributed by atoms with Crippen LogP contribution in [0.2, 0.25) is 0 Å². The van der Waals surface area contributed by atoms with Crippen LogP contribution < -0.4 is 5.56 Å². The zero-order chi connectivity index (χ0) is 21.4. The van der Waals surface area contributed by atoms with E-state index in [-0.39, 0.29) is 12.2 Å². The monoisotopic (exact) mass is 491 g/mol. The molecule has 0 saturated carbocycles. The predicted molar refractivity (Wildman–Crippen MR) is 123 cm³/mol. The van der Waals surface area contributed by atoms with Crippen molar-refractivity contribution in [3.8, 4) is 10.6 Å². The van der Waals surface area contributed by atoms with E-state index in [9.17, 15) is 9.59 Å². The maximum Gasteiger partial charge on any atom is 0.339 e. The van der Waals surface area contributed by atoms with Crippen LogP contribution in [-0.4, -0.2) is 20.3 Å². The number of benzene rings is 1. The van der Waals surface area contributed by atoms with Crippen molar-refractivity contribution >= 4 is 49.8 Å². The Morgan fingerprint density at radius 1 is 1.06 bits per heavy atom. The Bertz CT molecular complexity index is 1500. The molecule has 1 aromatic carbocycles. The van der Waals surface area contributed by atoms with Gasteiger partial charge in [0.2, 0.25) is 0 Å². The number of thiophene rings is 1. The summed E-state index contributed by atoms with van der Waals surface area (Å²) in [5.74, 6) is -0.491. The van der Waals surface area contributed by atoms with Crippen LogP contribution in [-0.2, 0) is 11.3 Å². The molecule has 0 aliphatic heterocycles. The zero-order valence-corrected chi connectivity index (χ0v) is 18.4. The van der Waals surface area contributed by atoms with Gasteiger partial charge in [-0.2, -0.15) is 0 Å². The minimum absolute atomic E-state index is 0.106. The SMILES string of the molecule is O=C(OCc1cc(=O)n2cc(Br)ccc2n1)c1cc(-c2cccs2)nc2ccccc12. The molecule has 0 aliphatic rings. The first-order valence-corrected chi connectivity index (χ1v) is 11.0. The van der Waals surface area contributed by atoms with Crippen LogP contribution in [0, 0.1) is 0 Å². The summed E-state index contributed by atoms with van der Waals surface area (Å²) in [5, 5.41) is 2.68. The molecule has 0 radical (unpaired) electrons. The number of halogens is 1. The molecule has 0 atom stereocenters. The lowest BCUT2D eigenvalue weighted by Crippen LogP contribution is -2.16. The average Bonchev–Trinajstić information content (AvgIpc) is 3.32. The summed E-state index contributed by atoms with van der Waals surface area (Å²) in [6.45, 7) is -0.106. The van der Waals surface area contributed by atoms with E-state index in [1.54, 1.807) is 35.7 Å². The highest BCUT2D eigenvalue weighted by Crippen LogP contribution is 2.28. The summed E-state index contributed by atoms with van der Waals surface area (Å²) in [5.41, 5.74) is 2.48. The molecule has 31 heavy (non-hydrogen) atoms. The number of ether oxygens (including phenoxy) is 1. The van der Waals surface area contributed by atoms with Gasteiger partial charge < -0.3 is 4.74 Å². The quantitative estimate of drug-likeness (QED) is 0.327. The molecule has 5 aromatic rings. The number of aromatic nitrogens is 3. The van der Waals surface area contributed by atoms with Gasteiger partial charge in [-0.25, -0.2) is 14.8 Å². The Morgan fingerprint density at radius 3 is 2.77 bits per heavy atom. The molecule has 0 amide bonds. The molecule has 5 rings (SSSR count). The van der Waals surface area contributed by atoms with Gasteiger partial charge in [-0.15, -0.1) is 11.3 Å². The third-order valence-corrected chi connectivity index (χ3v) is 6.10. The number of esters is 1. The maximum atomic E-state index is 13.0. The molecule has 0 N–H and O–H groups in total. The van der Waals surface area contributed by atoms with E-state index in [0.717, 1.165) is 9.35 Å². The third kappa shape index (κ3) is 3.87. The number of carbonyl (C=O) groups is 1. The lowest BCUT2D eigenvalue weighted by molar-refractivity contribution is 0.0470. The van der Waals surface area contributed by atoms with Crippen molar-refractivity contribution in [2.45, 2.75) is 6.61 Å². The van der Waals surface area contributed by atoms with Crippen LogP contribution in [0.4, 0.5) is 0 Å². The van der Waals surface area contributed by atoms with Gasteiger partial charge in [-0.3, -0.25) is 9.20 Å². The molecule has 4 aromatic heterocycles. The Kier molecular flexibility index (Phi) is 5.09. The van der Waals surface area contributed by atoms with E-state index >= 15 is 0 Å². The highest BCUT2D eigenvalue weighted by Gasteiger charge is 2.16. The average molecular weight is 492 g/mol. The Labute approximate surface area is 188 Å². The Balaban J connectivity index is 1.47. The number of rotatable bonds is 4. The highest BCUT2D eigenvalue weighted by molar-refractivity contribution is 9.10. The summed E-state index contributed by atoms with van der Waals surface area (Å²) in [6.07, 6.45) is 1.65. The molecule has 4 heterocycles. The second-order valence-corrected chi connectivity index (χ2v) is 8.65. The van der Waals surface area contributed by atoms with Crippen molar-refractivity contribution in [1.82, 2.24) is 14.4 Å². The highest BCUT2D eigenvalue weighted by atomic mass is 79.9. The van der Waals surface area contributed by atoms with Crippen LogP contribution in [0.15, 0.2) is 81.5 Å². The number of nitrogens with zero attached hydrogens (tertiary/aromatic N) is 3. The summed E-state index contributed by atoms with van der Waals surface area (Å²) in [4.78, 5) is 35.4. The first-order valence-electron chi connectivity index (χ1n) is 9.37. The van der Waals surface area contributed by atoms with Crippen LogP contribution in [0.3, 0.4) is 0 Å². The fraction of sp³-hybridized carbons (Fsp3) is 0.0435. The number of fused-ring (bicyclic) bond motifs is 2. The molecular weight excluding hydrogens is 478 g/mol. The summed E-state index contributed by atoms with van der Waals surface area (Å²) >= 11 is 4.89. The summed E-state index contributed by atoms with van der Waals surface area (Å²) in [6, 6.07) is 18.0. The van der Waals surface area contributed by atoms with E-state index in [2.05, 4.69) is 25.9 Å². The van der Waals surface area contributed by atoms with Crippen LogP contribution in [0.1, 0.15) is 16.1 Å². The lowest BCUT2D eigenvalue weighted by atomic mass is 10.1. The normalized spacial score (nSPS) is 11.1. The van der Waals surface area contributed by atoms with Crippen LogP contribution >= 0.6 is 27.3 Å². The van der Waals surface area contributed by atoms with Crippen molar-refractivity contribution in [2.24, 2.45) is 0 Å². The van der Waals surface area contributed by atoms with Crippen molar-refractivity contribution in [3.05, 3.63) is 98.3 Å². The fourth-order valence-corrected chi connectivity index (χ4v) is 4.34. The summed E-state index contributed by atoms with van der Waals surface area (Å²) in [7, 11) is 0. The van der Waals surface area contributed by atoms with Gasteiger partial charge in [0.15, 0.2) is 0 Å². The largest absolute Gasteiger partial charge is 0.456 e. The molecule has 6 nitrogen and oxygen atoms in total. The number of hydrogen-bond donors (Lipinski definition) is 0. The molecule has 0 aliphatic carbocycles. The molecular formula is C23H14BrN3O3S. The zero-order valence-electron chi connectivity index (χ0n) is 16.0. The van der Waals surface area contributed by atoms with E-state index < -0.39 is 5.97 Å². The van der Waals surface area contributed by atoms with Crippen molar-refractivity contribution in [3.63, 3.8) is 0 Å². The Morgan fingerprint density at radius 2 is 1.94 bits per heavy atom. The van der Waals surface area contributed by atoms with Gasteiger partial charge in [-0.05, 0) is 51.6 Å². The number of para-hydroxylation sites is 1. The molecule has 0 fully saturated rings. The van der Waals surface area contributed by atoms with Crippen LogP contribution in [0.25, 0.3) is 27.1 Å². The van der Waals surface area contributed by atoms with Gasteiger partial charge >= 0.3 is 5.97 Å². The van der Waals surface area contributed by atoms with Gasteiger partial charge in [0, 0.05) is 22.1 Å². The maximum absolute atomic E-state index is 13.0. The van der Waals surface area contributed by atoms with Gasteiger partial charge in [0.05, 0.1) is 27.3 Å². The molecule has 8 heteroatoms. The van der Waals surface area contributed by atoms with E-state index in [0.29, 0.717) is 33.5 Å². The Hall–Kier alpha value is -3.36. The minimum Gasteiger partial charge on any atom is -0.456 e. The van der Waals surface area contributed by atoms with E-state index in [1.807, 2.05) is 41.8 Å². The molecule has 0 unspecified atom stereocenters. The van der Waals surface area contributed by atoms with Crippen molar-refractivity contribution in [2.75, 3.05) is 0 Å². The lowest BCUT2D eigenvalue weighted by Gasteiger charge is -2.10. The first-order chi connectivity index (χ1) is 15.1. The number of pyridine rings is 2. The fourth-order valence-electron chi connectivity index (χ4n) is 3.31. The van der Waals surface area contributed by atoms with Gasteiger partial charge in [-0.1, -0.05) is 24.3 Å². The number of hydrogen-bond acceptors (Lipinski definition) is 6. The smallest absolute Gasteiger partial charge is 0.339 e. The first kappa shape index (κ1) is 19.6. The second kappa shape index (κ2) is 8.05. The van der Waals surface area contributed by atoms with Crippen LogP contribution in [0.5, 0.6) is 0 Å². The van der Waals surface area contributed by atoms with Gasteiger partial charge in [0.1, 0.15) is 12.3 Å². The molecule has 0 bridgehead atoms. The standard InChI is InChI=1S/C23H14BrN3O3S/c24-14-7-8-21-25-15(10-22(28)27(21)12-14)13-30-23(29)17-11-19(20-6-3-9-31-20)26-18-5-2-1-4-16(17)18/h1-12H,13H2. The third-order valence-electron chi connectivity index (χ3n) is 4.74. The minimum atomic E-state index is -0.491. The second-order valence-electron chi connectivity index (χ2n) is 6.79.